The summed E-state index contributed by atoms with van der Waals surface area (Å²) in [7, 11) is 0. The van der Waals surface area contributed by atoms with Crippen molar-refractivity contribution in [3.05, 3.63) is 54.9 Å². The first-order valence-electron chi connectivity index (χ1n) is 5.90. The molecule has 4 heteroatoms. The second kappa shape index (κ2) is 4.86. The molecule has 0 saturated carbocycles. The number of H-pyrrole nitrogens is 1. The molecule has 0 aliphatic heterocycles. The summed E-state index contributed by atoms with van der Waals surface area (Å²) in [5.41, 5.74) is 3.92. The Morgan fingerprint density at radius 1 is 0.947 bits per heavy atom. The summed E-state index contributed by atoms with van der Waals surface area (Å²) in [6, 6.07) is 14.1. The van der Waals surface area contributed by atoms with Gasteiger partial charge in [-0.3, -0.25) is 10.1 Å². The molecule has 0 spiro atoms. The summed E-state index contributed by atoms with van der Waals surface area (Å²) in [4.78, 5) is 8.37. The van der Waals surface area contributed by atoms with E-state index in [1.54, 1.807) is 6.20 Å². The molecule has 19 heavy (non-hydrogen) atoms. The molecule has 0 aliphatic rings. The SMILES string of the molecule is C=Nc1[nH]ncc1-c1ccc(-c2ccccc2)nc1. The van der Waals surface area contributed by atoms with Crippen LogP contribution in [0.2, 0.25) is 0 Å². The Balaban J connectivity index is 1.98. The third-order valence-corrected chi connectivity index (χ3v) is 2.92. The van der Waals surface area contributed by atoms with Crippen LogP contribution in [0.4, 0.5) is 5.82 Å². The Hall–Kier alpha value is -2.75. The quantitative estimate of drug-likeness (QED) is 0.721. The molecule has 92 valence electrons. The lowest BCUT2D eigenvalue weighted by Gasteiger charge is -2.02. The van der Waals surface area contributed by atoms with Crippen LogP contribution in [0.3, 0.4) is 0 Å². The highest BCUT2D eigenvalue weighted by molar-refractivity contribution is 5.74. The number of hydrogen-bond donors (Lipinski definition) is 1. The summed E-state index contributed by atoms with van der Waals surface area (Å²) >= 11 is 0. The first-order valence-corrected chi connectivity index (χ1v) is 5.90. The smallest absolute Gasteiger partial charge is 0.155 e. The summed E-state index contributed by atoms with van der Waals surface area (Å²) in [6.45, 7) is 3.51. The van der Waals surface area contributed by atoms with Crippen molar-refractivity contribution in [3.63, 3.8) is 0 Å². The Morgan fingerprint density at radius 3 is 2.47 bits per heavy atom. The third kappa shape index (κ3) is 2.15. The van der Waals surface area contributed by atoms with Crippen LogP contribution >= 0.6 is 0 Å². The Kier molecular flexibility index (Phi) is 2.90. The summed E-state index contributed by atoms with van der Waals surface area (Å²) in [5, 5.41) is 6.76. The first-order chi connectivity index (χ1) is 9.38. The van der Waals surface area contributed by atoms with Crippen molar-refractivity contribution < 1.29 is 0 Å². The average molecular weight is 248 g/mol. The fourth-order valence-electron chi connectivity index (χ4n) is 1.94. The van der Waals surface area contributed by atoms with Gasteiger partial charge in [0, 0.05) is 22.9 Å². The van der Waals surface area contributed by atoms with E-state index in [0.29, 0.717) is 5.82 Å². The summed E-state index contributed by atoms with van der Waals surface area (Å²) in [6.07, 6.45) is 3.55. The molecule has 2 heterocycles. The van der Waals surface area contributed by atoms with Crippen molar-refractivity contribution in [1.29, 1.82) is 0 Å². The van der Waals surface area contributed by atoms with Crippen LogP contribution in [0, 0.1) is 0 Å². The highest BCUT2D eigenvalue weighted by Crippen LogP contribution is 2.28. The van der Waals surface area contributed by atoms with Crippen LogP contribution in [0.1, 0.15) is 0 Å². The molecule has 2 aromatic heterocycles. The third-order valence-electron chi connectivity index (χ3n) is 2.92. The number of nitrogens with one attached hydrogen (secondary N) is 1. The number of aromatic amines is 1. The van der Waals surface area contributed by atoms with E-state index in [-0.39, 0.29) is 0 Å². The molecular weight excluding hydrogens is 236 g/mol. The van der Waals surface area contributed by atoms with Crippen LogP contribution in [0.25, 0.3) is 22.4 Å². The zero-order valence-corrected chi connectivity index (χ0v) is 10.2. The molecular formula is C15H12N4. The van der Waals surface area contributed by atoms with Gasteiger partial charge in [-0.25, -0.2) is 4.99 Å². The zero-order valence-electron chi connectivity index (χ0n) is 10.2. The van der Waals surface area contributed by atoms with Gasteiger partial charge in [0.05, 0.1) is 11.9 Å². The van der Waals surface area contributed by atoms with E-state index in [4.69, 9.17) is 0 Å². The minimum Gasteiger partial charge on any atom is -0.261 e. The summed E-state index contributed by atoms with van der Waals surface area (Å²) in [5.74, 6) is 0.661. The normalized spacial score (nSPS) is 10.3. The highest BCUT2D eigenvalue weighted by Gasteiger charge is 2.07. The second-order valence-corrected chi connectivity index (χ2v) is 4.09. The van der Waals surface area contributed by atoms with E-state index in [1.807, 2.05) is 48.7 Å². The van der Waals surface area contributed by atoms with Gasteiger partial charge in [0.25, 0.3) is 0 Å². The molecule has 0 amide bonds. The van der Waals surface area contributed by atoms with Crippen LogP contribution in [-0.2, 0) is 0 Å². The van der Waals surface area contributed by atoms with E-state index in [2.05, 4.69) is 26.9 Å². The molecule has 3 aromatic rings. The maximum absolute atomic E-state index is 4.48. The lowest BCUT2D eigenvalue weighted by Crippen LogP contribution is -1.84. The molecule has 0 bridgehead atoms. The van der Waals surface area contributed by atoms with Crippen LogP contribution in [-0.4, -0.2) is 21.9 Å². The van der Waals surface area contributed by atoms with Gasteiger partial charge >= 0.3 is 0 Å². The highest BCUT2D eigenvalue weighted by atomic mass is 15.2. The van der Waals surface area contributed by atoms with Gasteiger partial charge < -0.3 is 0 Å². The number of benzene rings is 1. The van der Waals surface area contributed by atoms with Crippen molar-refractivity contribution in [1.82, 2.24) is 15.2 Å². The number of rotatable bonds is 3. The average Bonchev–Trinajstić information content (AvgIpc) is 2.97. The van der Waals surface area contributed by atoms with Crippen molar-refractivity contribution in [2.45, 2.75) is 0 Å². The van der Waals surface area contributed by atoms with E-state index >= 15 is 0 Å². The predicted octanol–water partition coefficient (Wildman–Crippen LogP) is 3.47. The largest absolute Gasteiger partial charge is 0.261 e. The number of nitrogens with zero attached hydrogens (tertiary/aromatic N) is 3. The molecule has 0 saturated heterocycles. The minimum atomic E-state index is 0.661. The van der Waals surface area contributed by atoms with E-state index < -0.39 is 0 Å². The minimum absolute atomic E-state index is 0.661. The van der Waals surface area contributed by atoms with Gasteiger partial charge in [-0.15, -0.1) is 0 Å². The second-order valence-electron chi connectivity index (χ2n) is 4.09. The standard InChI is InChI=1S/C15H12N4/c1-16-15-13(10-18-19-15)12-7-8-14(17-9-12)11-5-3-2-4-6-11/h2-10H,1H2,(H,18,19). The molecule has 1 N–H and O–H groups in total. The van der Waals surface area contributed by atoms with Crippen LogP contribution < -0.4 is 0 Å². The molecule has 0 aliphatic carbocycles. The maximum atomic E-state index is 4.48. The Labute approximate surface area is 110 Å². The van der Waals surface area contributed by atoms with Gasteiger partial charge in [0.1, 0.15) is 0 Å². The lowest BCUT2D eigenvalue weighted by molar-refractivity contribution is 1.08. The zero-order chi connectivity index (χ0) is 13.1. The molecule has 0 radical (unpaired) electrons. The number of aliphatic imine (C=N–C) groups is 1. The van der Waals surface area contributed by atoms with Crippen molar-refractivity contribution in [2.75, 3.05) is 0 Å². The van der Waals surface area contributed by atoms with E-state index in [1.165, 1.54) is 0 Å². The molecule has 0 atom stereocenters. The number of hydrogen-bond acceptors (Lipinski definition) is 3. The monoisotopic (exact) mass is 248 g/mol. The lowest BCUT2D eigenvalue weighted by atomic mass is 10.1. The first kappa shape index (κ1) is 11.3. The van der Waals surface area contributed by atoms with Gasteiger partial charge in [0.15, 0.2) is 5.82 Å². The van der Waals surface area contributed by atoms with Crippen molar-refractivity contribution in [3.8, 4) is 22.4 Å². The fraction of sp³-hybridized carbons (Fsp3) is 0. The molecule has 4 nitrogen and oxygen atoms in total. The molecule has 0 unspecified atom stereocenters. The van der Waals surface area contributed by atoms with Crippen LogP contribution in [0.5, 0.6) is 0 Å². The molecule has 0 fully saturated rings. The summed E-state index contributed by atoms with van der Waals surface area (Å²) < 4.78 is 0. The fourth-order valence-corrected chi connectivity index (χ4v) is 1.94. The van der Waals surface area contributed by atoms with Crippen LogP contribution in [0.15, 0.2) is 59.9 Å². The Morgan fingerprint density at radius 2 is 1.79 bits per heavy atom. The van der Waals surface area contributed by atoms with E-state index in [0.717, 1.165) is 22.4 Å². The molecule has 3 rings (SSSR count). The maximum Gasteiger partial charge on any atom is 0.155 e. The van der Waals surface area contributed by atoms with Gasteiger partial charge in [-0.1, -0.05) is 36.4 Å². The van der Waals surface area contributed by atoms with Crippen molar-refractivity contribution >= 4 is 12.5 Å². The Bertz CT molecular complexity index is 684. The predicted molar refractivity (Wildman–Crippen MR) is 76.5 cm³/mol. The van der Waals surface area contributed by atoms with Gasteiger partial charge in [-0.05, 0) is 12.8 Å². The van der Waals surface area contributed by atoms with Gasteiger partial charge in [-0.2, -0.15) is 5.10 Å². The number of pyridine rings is 1. The molecule has 1 aromatic carbocycles. The number of aromatic nitrogens is 3. The van der Waals surface area contributed by atoms with Crippen molar-refractivity contribution in [2.24, 2.45) is 4.99 Å². The van der Waals surface area contributed by atoms with Gasteiger partial charge in [0.2, 0.25) is 0 Å². The topological polar surface area (TPSA) is 53.9 Å². The van der Waals surface area contributed by atoms with E-state index in [9.17, 15) is 0 Å².